The Hall–Kier alpha value is -5.24. The van der Waals surface area contributed by atoms with Crippen molar-refractivity contribution >= 4 is 34.8 Å². The highest BCUT2D eigenvalue weighted by Crippen LogP contribution is 2.38. The minimum absolute atomic E-state index is 0.0000189. The number of carbonyl (C=O) groups excluding carboxylic acids is 2. The van der Waals surface area contributed by atoms with Gasteiger partial charge in [-0.15, -0.1) is 0 Å². The molecule has 0 radical (unpaired) electrons. The summed E-state index contributed by atoms with van der Waals surface area (Å²) >= 11 is 0. The van der Waals surface area contributed by atoms with Crippen LogP contribution >= 0.6 is 0 Å². The highest BCUT2D eigenvalue weighted by molar-refractivity contribution is 6.03. The van der Waals surface area contributed by atoms with Crippen LogP contribution in [0, 0.1) is 0 Å². The van der Waals surface area contributed by atoms with Crippen molar-refractivity contribution in [2.24, 2.45) is 0 Å². The van der Waals surface area contributed by atoms with Gasteiger partial charge in [-0.25, -0.2) is 14.8 Å². The van der Waals surface area contributed by atoms with E-state index in [0.717, 1.165) is 6.07 Å². The maximum atomic E-state index is 13.9. The predicted molar refractivity (Wildman–Crippen MR) is 157 cm³/mol. The van der Waals surface area contributed by atoms with Crippen molar-refractivity contribution in [1.82, 2.24) is 15.0 Å². The summed E-state index contributed by atoms with van der Waals surface area (Å²) in [5.74, 6) is 0.404. The molecule has 44 heavy (non-hydrogen) atoms. The molecular weight excluding hydrogens is 579 g/mol. The number of halogens is 3. The highest BCUT2D eigenvalue weighted by Gasteiger charge is 2.35. The first-order chi connectivity index (χ1) is 21.2. The summed E-state index contributed by atoms with van der Waals surface area (Å²) in [4.78, 5) is 38.8. The SMILES string of the molecule is CCc1cc(Oc2cc(NC(=O)c3cccnc3)ncn2)ccc1NC(=O)Nc1ccc(N2CCOCC2)c(C(F)(F)F)c1. The molecule has 3 heterocycles. The van der Waals surface area contributed by atoms with Crippen molar-refractivity contribution < 1.29 is 32.2 Å². The van der Waals surface area contributed by atoms with Crippen LogP contribution in [0.15, 0.2) is 73.3 Å². The first-order valence-corrected chi connectivity index (χ1v) is 13.7. The van der Waals surface area contributed by atoms with Crippen molar-refractivity contribution in [3.63, 3.8) is 0 Å². The summed E-state index contributed by atoms with van der Waals surface area (Å²) in [6.45, 7) is 3.25. The summed E-state index contributed by atoms with van der Waals surface area (Å²) in [6, 6.07) is 12.6. The van der Waals surface area contributed by atoms with E-state index in [9.17, 15) is 22.8 Å². The normalized spacial score (nSPS) is 13.2. The van der Waals surface area contributed by atoms with Gasteiger partial charge in [0.1, 0.15) is 17.9 Å². The number of anilines is 4. The number of aryl methyl sites for hydroxylation is 1. The number of morpholine rings is 1. The lowest BCUT2D eigenvalue weighted by Gasteiger charge is -2.31. The van der Waals surface area contributed by atoms with Gasteiger partial charge in [0.2, 0.25) is 5.88 Å². The molecule has 0 saturated carbocycles. The molecule has 0 spiro atoms. The second kappa shape index (κ2) is 13.4. The Morgan fingerprint density at radius 3 is 2.55 bits per heavy atom. The molecule has 1 saturated heterocycles. The molecule has 2 aromatic heterocycles. The third kappa shape index (κ3) is 7.58. The molecule has 14 heteroatoms. The molecule has 228 valence electrons. The lowest BCUT2D eigenvalue weighted by Crippen LogP contribution is -2.37. The van der Waals surface area contributed by atoms with Gasteiger partial charge in [-0.3, -0.25) is 9.78 Å². The van der Waals surface area contributed by atoms with Crippen molar-refractivity contribution in [2.75, 3.05) is 47.2 Å². The average Bonchev–Trinajstić information content (AvgIpc) is 3.02. The lowest BCUT2D eigenvalue weighted by molar-refractivity contribution is -0.137. The Kier molecular flexibility index (Phi) is 9.19. The first-order valence-electron chi connectivity index (χ1n) is 13.7. The number of hydrogen-bond acceptors (Lipinski definition) is 8. The van der Waals surface area contributed by atoms with Gasteiger partial charge in [0, 0.05) is 48.6 Å². The minimum atomic E-state index is -4.61. The van der Waals surface area contributed by atoms with E-state index in [1.165, 1.54) is 30.7 Å². The van der Waals surface area contributed by atoms with E-state index in [1.54, 1.807) is 41.4 Å². The second-order valence-electron chi connectivity index (χ2n) is 9.62. The van der Waals surface area contributed by atoms with Crippen LogP contribution in [0.4, 0.5) is 40.8 Å². The number of nitrogens with zero attached hydrogens (tertiary/aromatic N) is 4. The molecule has 3 N–H and O–H groups in total. The number of alkyl halides is 3. The molecule has 1 aliphatic heterocycles. The topological polar surface area (TPSA) is 131 Å². The fourth-order valence-corrected chi connectivity index (χ4v) is 4.52. The van der Waals surface area contributed by atoms with Crippen LogP contribution < -0.4 is 25.6 Å². The number of pyridine rings is 1. The van der Waals surface area contributed by atoms with Gasteiger partial charge in [-0.2, -0.15) is 13.2 Å². The number of carbonyl (C=O) groups is 2. The second-order valence-corrected chi connectivity index (χ2v) is 9.62. The molecule has 1 fully saturated rings. The van der Waals surface area contributed by atoms with Crippen molar-refractivity contribution in [3.05, 3.63) is 90.0 Å². The van der Waals surface area contributed by atoms with Gasteiger partial charge in [0.25, 0.3) is 5.91 Å². The lowest BCUT2D eigenvalue weighted by atomic mass is 10.1. The predicted octanol–water partition coefficient (Wildman–Crippen LogP) is 5.98. The Morgan fingerprint density at radius 2 is 1.82 bits per heavy atom. The zero-order chi connectivity index (χ0) is 31.1. The van der Waals surface area contributed by atoms with Crippen LogP contribution in [0.3, 0.4) is 0 Å². The molecule has 4 aromatic rings. The fraction of sp³-hybridized carbons (Fsp3) is 0.233. The highest BCUT2D eigenvalue weighted by atomic mass is 19.4. The Bertz CT molecular complexity index is 1630. The first kappa shape index (κ1) is 30.2. The minimum Gasteiger partial charge on any atom is -0.439 e. The largest absolute Gasteiger partial charge is 0.439 e. The molecular formula is C30H28F3N7O4. The average molecular weight is 608 g/mol. The number of nitrogens with one attached hydrogen (secondary N) is 3. The van der Waals surface area contributed by atoms with Crippen LogP contribution in [0.1, 0.15) is 28.4 Å². The van der Waals surface area contributed by atoms with Crippen LogP contribution in [0.25, 0.3) is 0 Å². The van der Waals surface area contributed by atoms with E-state index < -0.39 is 23.7 Å². The Morgan fingerprint density at radius 1 is 1.00 bits per heavy atom. The zero-order valence-corrected chi connectivity index (χ0v) is 23.5. The smallest absolute Gasteiger partial charge is 0.418 e. The number of aromatic nitrogens is 3. The zero-order valence-electron chi connectivity index (χ0n) is 23.5. The molecule has 5 rings (SSSR count). The van der Waals surface area contributed by atoms with Crippen molar-refractivity contribution in [1.29, 1.82) is 0 Å². The Balaban J connectivity index is 1.25. The molecule has 11 nitrogen and oxygen atoms in total. The van der Waals surface area contributed by atoms with Gasteiger partial charge in [-0.1, -0.05) is 6.92 Å². The van der Waals surface area contributed by atoms with E-state index in [-0.39, 0.29) is 23.1 Å². The molecule has 1 aliphatic rings. The number of benzene rings is 2. The maximum absolute atomic E-state index is 13.9. The van der Waals surface area contributed by atoms with Crippen molar-refractivity contribution in [3.8, 4) is 11.6 Å². The molecule has 0 aliphatic carbocycles. The molecule has 3 amide bonds. The van der Waals surface area contributed by atoms with Crippen LogP contribution in [-0.4, -0.2) is 53.2 Å². The van der Waals surface area contributed by atoms with Crippen molar-refractivity contribution in [2.45, 2.75) is 19.5 Å². The summed E-state index contributed by atoms with van der Waals surface area (Å²) in [5, 5.41) is 7.84. The summed E-state index contributed by atoms with van der Waals surface area (Å²) in [7, 11) is 0. The number of urea groups is 1. The third-order valence-corrected chi connectivity index (χ3v) is 6.65. The summed E-state index contributed by atoms with van der Waals surface area (Å²) < 4.78 is 52.7. The van der Waals surface area contributed by atoms with E-state index in [0.29, 0.717) is 55.3 Å². The van der Waals surface area contributed by atoms with Crippen LogP contribution in [0.2, 0.25) is 0 Å². The number of ether oxygens (including phenoxy) is 2. The monoisotopic (exact) mass is 607 g/mol. The number of amides is 3. The van der Waals surface area contributed by atoms with E-state index >= 15 is 0 Å². The van der Waals surface area contributed by atoms with Gasteiger partial charge >= 0.3 is 12.2 Å². The summed E-state index contributed by atoms with van der Waals surface area (Å²) in [5.41, 5.74) is 0.722. The van der Waals surface area contributed by atoms with Gasteiger partial charge in [0.15, 0.2) is 0 Å². The number of hydrogen-bond donors (Lipinski definition) is 3. The standard InChI is InChI=1S/C30H28F3N7O4/c1-2-19-14-22(44-27-16-26(35-18-36-27)39-28(41)20-4-3-9-34-17-20)6-7-24(19)38-29(42)37-21-5-8-25(23(15-21)30(31,32)33)40-10-12-43-13-11-40/h3-9,14-18H,2,10-13H2,1H3,(H2,37,38,42)(H,35,36,39,41). The summed E-state index contributed by atoms with van der Waals surface area (Å²) in [6.07, 6.45) is 0.131. The number of rotatable bonds is 8. The molecule has 0 bridgehead atoms. The third-order valence-electron chi connectivity index (χ3n) is 6.65. The van der Waals surface area contributed by atoms with Gasteiger partial charge in [-0.05, 0) is 60.5 Å². The molecule has 2 aromatic carbocycles. The van der Waals surface area contributed by atoms with E-state index in [4.69, 9.17) is 9.47 Å². The maximum Gasteiger partial charge on any atom is 0.418 e. The fourth-order valence-electron chi connectivity index (χ4n) is 4.52. The quantitative estimate of drug-likeness (QED) is 0.223. The van der Waals surface area contributed by atoms with Gasteiger partial charge in [0.05, 0.1) is 24.3 Å². The van der Waals surface area contributed by atoms with E-state index in [2.05, 4.69) is 30.9 Å². The van der Waals surface area contributed by atoms with Gasteiger partial charge < -0.3 is 30.3 Å². The molecule has 0 atom stereocenters. The van der Waals surface area contributed by atoms with Crippen LogP contribution in [-0.2, 0) is 17.3 Å². The Labute approximate surface area is 250 Å². The molecule has 0 unspecified atom stereocenters. The van der Waals surface area contributed by atoms with E-state index in [1.807, 2.05) is 6.92 Å². The van der Waals surface area contributed by atoms with Crippen LogP contribution in [0.5, 0.6) is 11.6 Å².